The van der Waals surface area contributed by atoms with E-state index in [1.165, 1.54) is 0 Å². The van der Waals surface area contributed by atoms with Gasteiger partial charge in [0.2, 0.25) is 0 Å². The molecule has 2 aromatic rings. The van der Waals surface area contributed by atoms with E-state index in [-0.39, 0.29) is 0 Å². The highest BCUT2D eigenvalue weighted by Crippen LogP contribution is 2.35. The minimum Gasteiger partial charge on any atom is -0.497 e. The van der Waals surface area contributed by atoms with Crippen molar-refractivity contribution in [3.8, 4) is 22.8 Å². The molecule has 0 aliphatic heterocycles. The van der Waals surface area contributed by atoms with Gasteiger partial charge in [0.15, 0.2) is 0 Å². The molecule has 0 atom stereocenters. The van der Waals surface area contributed by atoms with Crippen LogP contribution in [-0.4, -0.2) is 24.2 Å². The SMILES string of the molecule is COc1ccc(-c2nc(C)nc(Cl)c2C)c(OC)c1. The van der Waals surface area contributed by atoms with Gasteiger partial charge in [-0.2, -0.15) is 0 Å². The summed E-state index contributed by atoms with van der Waals surface area (Å²) in [6.07, 6.45) is 0. The van der Waals surface area contributed by atoms with Crippen molar-refractivity contribution >= 4 is 11.6 Å². The Hall–Kier alpha value is -1.81. The van der Waals surface area contributed by atoms with Gasteiger partial charge < -0.3 is 9.47 Å². The molecule has 1 aromatic carbocycles. The Morgan fingerprint density at radius 3 is 2.42 bits per heavy atom. The van der Waals surface area contributed by atoms with Crippen molar-refractivity contribution in [2.24, 2.45) is 0 Å². The first-order valence-electron chi connectivity index (χ1n) is 5.80. The van der Waals surface area contributed by atoms with E-state index in [2.05, 4.69) is 9.97 Å². The van der Waals surface area contributed by atoms with Gasteiger partial charge in [-0.15, -0.1) is 0 Å². The number of hydrogen-bond acceptors (Lipinski definition) is 4. The second kappa shape index (κ2) is 5.45. The highest BCUT2D eigenvalue weighted by Gasteiger charge is 2.14. The fraction of sp³-hybridized carbons (Fsp3) is 0.286. The largest absolute Gasteiger partial charge is 0.497 e. The molecule has 0 unspecified atom stereocenters. The van der Waals surface area contributed by atoms with Crippen molar-refractivity contribution < 1.29 is 9.47 Å². The predicted octanol–water partition coefficient (Wildman–Crippen LogP) is 3.43. The average molecular weight is 279 g/mol. The van der Waals surface area contributed by atoms with Crippen LogP contribution in [0.1, 0.15) is 11.4 Å². The maximum atomic E-state index is 6.11. The third-order valence-electron chi connectivity index (χ3n) is 2.86. The zero-order chi connectivity index (χ0) is 14.0. The lowest BCUT2D eigenvalue weighted by Gasteiger charge is -2.12. The van der Waals surface area contributed by atoms with Crippen molar-refractivity contribution in [1.82, 2.24) is 9.97 Å². The van der Waals surface area contributed by atoms with E-state index in [9.17, 15) is 0 Å². The third-order valence-corrected chi connectivity index (χ3v) is 3.23. The van der Waals surface area contributed by atoms with Crippen molar-refractivity contribution in [3.05, 3.63) is 34.7 Å². The van der Waals surface area contributed by atoms with Gasteiger partial charge in [0, 0.05) is 17.2 Å². The molecule has 0 radical (unpaired) electrons. The van der Waals surface area contributed by atoms with Crippen molar-refractivity contribution in [1.29, 1.82) is 0 Å². The number of benzene rings is 1. The molecule has 0 saturated heterocycles. The van der Waals surface area contributed by atoms with E-state index in [4.69, 9.17) is 21.1 Å². The number of aryl methyl sites for hydroxylation is 1. The monoisotopic (exact) mass is 278 g/mol. The summed E-state index contributed by atoms with van der Waals surface area (Å²) in [6.45, 7) is 3.70. The van der Waals surface area contributed by atoms with Gasteiger partial charge in [-0.1, -0.05) is 11.6 Å². The molecule has 1 heterocycles. The first-order valence-corrected chi connectivity index (χ1v) is 6.17. The predicted molar refractivity (Wildman–Crippen MR) is 75.1 cm³/mol. The molecular weight excluding hydrogens is 264 g/mol. The molecule has 0 spiro atoms. The minimum absolute atomic E-state index is 0.459. The van der Waals surface area contributed by atoms with Gasteiger partial charge >= 0.3 is 0 Å². The first kappa shape index (κ1) is 13.6. The Balaban J connectivity index is 2.65. The van der Waals surface area contributed by atoms with E-state index in [0.717, 1.165) is 22.6 Å². The highest BCUT2D eigenvalue weighted by atomic mass is 35.5. The molecule has 0 N–H and O–H groups in total. The summed E-state index contributed by atoms with van der Waals surface area (Å²) in [5.74, 6) is 2.05. The summed E-state index contributed by atoms with van der Waals surface area (Å²) < 4.78 is 10.6. The molecule has 0 aliphatic carbocycles. The Morgan fingerprint density at radius 2 is 1.79 bits per heavy atom. The molecule has 2 rings (SSSR count). The van der Waals surface area contributed by atoms with E-state index >= 15 is 0 Å². The summed E-state index contributed by atoms with van der Waals surface area (Å²) in [5, 5.41) is 0.459. The molecule has 0 saturated carbocycles. The van der Waals surface area contributed by atoms with Gasteiger partial charge in [0.1, 0.15) is 22.5 Å². The van der Waals surface area contributed by atoms with Gasteiger partial charge in [-0.25, -0.2) is 9.97 Å². The molecule has 0 fully saturated rings. The zero-order valence-electron chi connectivity index (χ0n) is 11.3. The molecular formula is C14H15ClN2O2. The third kappa shape index (κ3) is 2.63. The molecule has 0 amide bonds. The summed E-state index contributed by atoms with van der Waals surface area (Å²) in [5.41, 5.74) is 2.47. The van der Waals surface area contributed by atoms with Crippen molar-refractivity contribution in [2.75, 3.05) is 14.2 Å². The zero-order valence-corrected chi connectivity index (χ0v) is 12.1. The maximum absolute atomic E-state index is 6.11. The lowest BCUT2D eigenvalue weighted by atomic mass is 10.1. The Kier molecular flexibility index (Phi) is 3.90. The maximum Gasteiger partial charge on any atom is 0.136 e. The lowest BCUT2D eigenvalue weighted by molar-refractivity contribution is 0.395. The van der Waals surface area contributed by atoms with Crippen LogP contribution in [-0.2, 0) is 0 Å². The fourth-order valence-corrected chi connectivity index (χ4v) is 2.06. The fourth-order valence-electron chi connectivity index (χ4n) is 1.85. The first-order chi connectivity index (χ1) is 9.06. The number of nitrogens with zero attached hydrogens (tertiary/aromatic N) is 2. The van der Waals surface area contributed by atoms with Gasteiger partial charge in [0.25, 0.3) is 0 Å². The minimum atomic E-state index is 0.459. The Bertz CT molecular complexity index is 615. The van der Waals surface area contributed by atoms with Crippen LogP contribution in [0.4, 0.5) is 0 Å². The van der Waals surface area contributed by atoms with E-state index < -0.39 is 0 Å². The smallest absolute Gasteiger partial charge is 0.136 e. The topological polar surface area (TPSA) is 44.2 Å². The van der Waals surface area contributed by atoms with Gasteiger partial charge in [0.05, 0.1) is 19.9 Å². The number of hydrogen-bond donors (Lipinski definition) is 0. The molecule has 1 aromatic heterocycles. The second-order valence-corrected chi connectivity index (χ2v) is 4.46. The summed E-state index contributed by atoms with van der Waals surface area (Å²) >= 11 is 6.11. The number of rotatable bonds is 3. The lowest BCUT2D eigenvalue weighted by Crippen LogP contribution is -1.98. The summed E-state index contributed by atoms with van der Waals surface area (Å²) in [4.78, 5) is 8.59. The quantitative estimate of drug-likeness (QED) is 0.807. The molecule has 4 nitrogen and oxygen atoms in total. The van der Waals surface area contributed by atoms with Crippen LogP contribution < -0.4 is 9.47 Å². The Morgan fingerprint density at radius 1 is 1.05 bits per heavy atom. The molecule has 0 aliphatic rings. The number of aromatic nitrogens is 2. The normalized spacial score (nSPS) is 10.4. The second-order valence-electron chi connectivity index (χ2n) is 4.10. The molecule has 5 heteroatoms. The van der Waals surface area contributed by atoms with Crippen molar-refractivity contribution in [3.63, 3.8) is 0 Å². The van der Waals surface area contributed by atoms with Crippen LogP contribution >= 0.6 is 11.6 Å². The molecule has 100 valence electrons. The highest BCUT2D eigenvalue weighted by molar-refractivity contribution is 6.30. The van der Waals surface area contributed by atoms with Crippen LogP contribution in [0.25, 0.3) is 11.3 Å². The van der Waals surface area contributed by atoms with Crippen LogP contribution in [0, 0.1) is 13.8 Å². The van der Waals surface area contributed by atoms with Crippen LogP contribution in [0.5, 0.6) is 11.5 Å². The standard InChI is InChI=1S/C14H15ClN2O2/c1-8-13(16-9(2)17-14(8)15)11-6-5-10(18-3)7-12(11)19-4/h5-7H,1-4H3. The number of halogens is 1. The average Bonchev–Trinajstić information content (AvgIpc) is 2.42. The van der Waals surface area contributed by atoms with Gasteiger partial charge in [-0.05, 0) is 26.0 Å². The number of methoxy groups -OCH3 is 2. The van der Waals surface area contributed by atoms with Crippen LogP contribution in [0.15, 0.2) is 18.2 Å². The summed E-state index contributed by atoms with van der Waals surface area (Å²) in [7, 11) is 3.23. The van der Waals surface area contributed by atoms with Crippen molar-refractivity contribution in [2.45, 2.75) is 13.8 Å². The Labute approximate surface area is 117 Å². The molecule has 19 heavy (non-hydrogen) atoms. The van der Waals surface area contributed by atoms with E-state index in [1.807, 2.05) is 32.0 Å². The number of ether oxygens (including phenoxy) is 2. The van der Waals surface area contributed by atoms with E-state index in [1.54, 1.807) is 14.2 Å². The molecule has 0 bridgehead atoms. The van der Waals surface area contributed by atoms with E-state index in [0.29, 0.717) is 16.7 Å². The van der Waals surface area contributed by atoms with Gasteiger partial charge in [-0.3, -0.25) is 0 Å². The van der Waals surface area contributed by atoms with Crippen LogP contribution in [0.2, 0.25) is 5.15 Å². The van der Waals surface area contributed by atoms with Crippen LogP contribution in [0.3, 0.4) is 0 Å². The summed E-state index contributed by atoms with van der Waals surface area (Å²) in [6, 6.07) is 5.59.